The number of nitrogens with one attached hydrogen (secondary N) is 2. The molecule has 0 radical (unpaired) electrons. The smallest absolute Gasteiger partial charge is 0.325 e. The molecule has 2 fully saturated rings. The topological polar surface area (TPSA) is 78.5 Å². The third-order valence-electron chi connectivity index (χ3n) is 5.69. The molecule has 1 aromatic rings. The summed E-state index contributed by atoms with van der Waals surface area (Å²) < 4.78 is 0. The number of imide groups is 1. The monoisotopic (exact) mass is 341 g/mol. The highest BCUT2D eigenvalue weighted by Gasteiger charge is 2.55. The lowest BCUT2D eigenvalue weighted by Crippen LogP contribution is -2.46. The molecular weight excluding hydrogens is 318 g/mol. The molecule has 6 nitrogen and oxygen atoms in total. The fourth-order valence-corrected chi connectivity index (χ4v) is 4.40. The number of rotatable bonds is 3. The average Bonchev–Trinajstić information content (AvgIpc) is 3.10. The largest absolute Gasteiger partial charge is 0.352 e. The standard InChI is InChI=1S/C19H23N3O3/c23-16(20-14-7-2-1-3-8-14)12-22-17(24)19(21-18(22)25)11-10-13-6-4-5-9-15(13)19/h4-6,9,14H,1-3,7-8,10-12H2,(H,20,23)(H,21,25)/t19-/m0/s1. The third-order valence-corrected chi connectivity index (χ3v) is 5.69. The second-order valence-corrected chi connectivity index (χ2v) is 7.29. The molecule has 1 atom stereocenters. The zero-order chi connectivity index (χ0) is 17.4. The van der Waals surface area contributed by atoms with Crippen molar-refractivity contribution in [2.45, 2.75) is 56.5 Å². The first-order valence-electron chi connectivity index (χ1n) is 9.12. The Morgan fingerprint density at radius 2 is 1.96 bits per heavy atom. The van der Waals surface area contributed by atoms with Gasteiger partial charge in [-0.25, -0.2) is 4.79 Å². The highest BCUT2D eigenvalue weighted by molar-refractivity contribution is 6.09. The summed E-state index contributed by atoms with van der Waals surface area (Å²) in [6.45, 7) is -0.203. The lowest BCUT2D eigenvalue weighted by molar-refractivity contribution is -0.135. The molecule has 1 aromatic carbocycles. The molecule has 3 aliphatic rings. The summed E-state index contributed by atoms with van der Waals surface area (Å²) in [6.07, 6.45) is 6.71. The van der Waals surface area contributed by atoms with Crippen LogP contribution in [0.3, 0.4) is 0 Å². The summed E-state index contributed by atoms with van der Waals surface area (Å²) in [7, 11) is 0. The number of hydrogen-bond donors (Lipinski definition) is 2. The summed E-state index contributed by atoms with van der Waals surface area (Å²) in [5, 5.41) is 5.82. The molecule has 1 spiro atoms. The summed E-state index contributed by atoms with van der Waals surface area (Å²) in [5.41, 5.74) is 0.965. The second-order valence-electron chi connectivity index (χ2n) is 7.29. The van der Waals surface area contributed by atoms with Crippen LogP contribution < -0.4 is 10.6 Å². The molecule has 0 bridgehead atoms. The molecule has 2 N–H and O–H groups in total. The Hall–Kier alpha value is -2.37. The minimum absolute atomic E-state index is 0.170. The van der Waals surface area contributed by atoms with Crippen LogP contribution in [0.15, 0.2) is 24.3 Å². The molecule has 4 amide bonds. The van der Waals surface area contributed by atoms with Crippen molar-refractivity contribution in [3.63, 3.8) is 0 Å². The predicted octanol–water partition coefficient (Wildman–Crippen LogP) is 1.83. The number of carbonyl (C=O) groups is 3. The molecule has 2 aliphatic carbocycles. The van der Waals surface area contributed by atoms with Crippen LogP contribution in [0.1, 0.15) is 49.7 Å². The van der Waals surface area contributed by atoms with E-state index in [1.54, 1.807) is 0 Å². The van der Waals surface area contributed by atoms with E-state index in [1.165, 1.54) is 6.42 Å². The molecule has 1 saturated heterocycles. The van der Waals surface area contributed by atoms with E-state index in [0.717, 1.165) is 48.1 Å². The number of benzene rings is 1. The highest BCUT2D eigenvalue weighted by atomic mass is 16.2. The Morgan fingerprint density at radius 3 is 2.76 bits per heavy atom. The van der Waals surface area contributed by atoms with Crippen molar-refractivity contribution >= 4 is 17.8 Å². The van der Waals surface area contributed by atoms with Gasteiger partial charge in [-0.1, -0.05) is 43.5 Å². The van der Waals surface area contributed by atoms with Gasteiger partial charge in [-0.3, -0.25) is 14.5 Å². The van der Waals surface area contributed by atoms with Crippen molar-refractivity contribution in [3.05, 3.63) is 35.4 Å². The van der Waals surface area contributed by atoms with E-state index in [4.69, 9.17) is 0 Å². The second kappa shape index (κ2) is 6.17. The molecule has 132 valence electrons. The number of aryl methyl sites for hydroxylation is 1. The Kier molecular flexibility index (Phi) is 3.98. The SMILES string of the molecule is O=C(CN1C(=O)N[C@]2(CCc3ccccc32)C1=O)NC1CCCCC1. The normalized spacial score (nSPS) is 26.0. The van der Waals surface area contributed by atoms with Crippen molar-refractivity contribution in [2.24, 2.45) is 0 Å². The maximum absolute atomic E-state index is 13.0. The Balaban J connectivity index is 1.48. The lowest BCUT2D eigenvalue weighted by atomic mass is 9.92. The number of nitrogens with zero attached hydrogens (tertiary/aromatic N) is 1. The van der Waals surface area contributed by atoms with Crippen LogP contribution in [0.25, 0.3) is 0 Å². The van der Waals surface area contributed by atoms with Gasteiger partial charge in [0.1, 0.15) is 12.1 Å². The number of hydrogen-bond acceptors (Lipinski definition) is 3. The van der Waals surface area contributed by atoms with Gasteiger partial charge in [0.05, 0.1) is 0 Å². The number of carbonyl (C=O) groups excluding carboxylic acids is 3. The summed E-state index contributed by atoms with van der Waals surface area (Å²) in [4.78, 5) is 38.8. The van der Waals surface area contributed by atoms with E-state index >= 15 is 0 Å². The molecule has 1 saturated carbocycles. The van der Waals surface area contributed by atoms with Gasteiger partial charge in [-0.2, -0.15) is 0 Å². The predicted molar refractivity (Wildman–Crippen MR) is 91.7 cm³/mol. The minimum atomic E-state index is -0.987. The van der Waals surface area contributed by atoms with Gasteiger partial charge in [0.2, 0.25) is 5.91 Å². The van der Waals surface area contributed by atoms with Crippen LogP contribution >= 0.6 is 0 Å². The van der Waals surface area contributed by atoms with Crippen LogP contribution in [-0.4, -0.2) is 35.3 Å². The molecule has 0 unspecified atom stereocenters. The van der Waals surface area contributed by atoms with E-state index in [2.05, 4.69) is 10.6 Å². The van der Waals surface area contributed by atoms with E-state index in [-0.39, 0.29) is 24.4 Å². The molecule has 4 rings (SSSR count). The van der Waals surface area contributed by atoms with E-state index in [9.17, 15) is 14.4 Å². The maximum atomic E-state index is 13.0. The highest BCUT2D eigenvalue weighted by Crippen LogP contribution is 2.41. The van der Waals surface area contributed by atoms with Gasteiger partial charge in [0.15, 0.2) is 0 Å². The van der Waals surface area contributed by atoms with E-state index in [1.807, 2.05) is 24.3 Å². The van der Waals surface area contributed by atoms with Gasteiger partial charge in [0, 0.05) is 6.04 Å². The molecule has 1 aliphatic heterocycles. The van der Waals surface area contributed by atoms with Crippen LogP contribution in [0, 0.1) is 0 Å². The van der Waals surface area contributed by atoms with Gasteiger partial charge in [-0.15, -0.1) is 0 Å². The van der Waals surface area contributed by atoms with Crippen LogP contribution in [0.4, 0.5) is 4.79 Å². The van der Waals surface area contributed by atoms with Crippen molar-refractivity contribution in [1.29, 1.82) is 0 Å². The molecule has 0 aromatic heterocycles. The fourth-order valence-electron chi connectivity index (χ4n) is 4.40. The Labute approximate surface area is 147 Å². The third kappa shape index (κ3) is 2.69. The maximum Gasteiger partial charge on any atom is 0.325 e. The molecule has 6 heteroatoms. The number of fused-ring (bicyclic) bond motifs is 2. The van der Waals surface area contributed by atoms with E-state index < -0.39 is 11.6 Å². The minimum Gasteiger partial charge on any atom is -0.352 e. The van der Waals surface area contributed by atoms with Crippen molar-refractivity contribution in [1.82, 2.24) is 15.5 Å². The quantitative estimate of drug-likeness (QED) is 0.823. The van der Waals surface area contributed by atoms with Gasteiger partial charge >= 0.3 is 6.03 Å². The van der Waals surface area contributed by atoms with Gasteiger partial charge < -0.3 is 10.6 Å². The van der Waals surface area contributed by atoms with E-state index in [0.29, 0.717) is 6.42 Å². The average molecular weight is 341 g/mol. The summed E-state index contributed by atoms with van der Waals surface area (Å²) in [6, 6.07) is 7.40. The van der Waals surface area contributed by atoms with Crippen molar-refractivity contribution in [2.75, 3.05) is 6.54 Å². The fraction of sp³-hybridized carbons (Fsp3) is 0.526. The molecule has 25 heavy (non-hydrogen) atoms. The number of urea groups is 1. The number of amides is 4. The first-order chi connectivity index (χ1) is 12.1. The van der Waals surface area contributed by atoms with Crippen molar-refractivity contribution < 1.29 is 14.4 Å². The first kappa shape index (κ1) is 16.1. The summed E-state index contributed by atoms with van der Waals surface area (Å²) >= 11 is 0. The lowest BCUT2D eigenvalue weighted by Gasteiger charge is -2.24. The van der Waals surface area contributed by atoms with Gasteiger partial charge in [0.25, 0.3) is 5.91 Å². The van der Waals surface area contributed by atoms with Crippen LogP contribution in [-0.2, 0) is 21.5 Å². The summed E-state index contributed by atoms with van der Waals surface area (Å²) in [5.74, 6) is -0.556. The zero-order valence-electron chi connectivity index (χ0n) is 14.2. The van der Waals surface area contributed by atoms with Crippen LogP contribution in [0.2, 0.25) is 0 Å². The molecule has 1 heterocycles. The van der Waals surface area contributed by atoms with Crippen LogP contribution in [0.5, 0.6) is 0 Å². The molecular formula is C19H23N3O3. The van der Waals surface area contributed by atoms with Crippen molar-refractivity contribution in [3.8, 4) is 0 Å². The Bertz CT molecular complexity index is 726. The Morgan fingerprint density at radius 1 is 1.20 bits per heavy atom. The zero-order valence-corrected chi connectivity index (χ0v) is 14.2. The first-order valence-corrected chi connectivity index (χ1v) is 9.12. The van der Waals surface area contributed by atoms with Gasteiger partial charge in [-0.05, 0) is 36.8 Å².